The smallest absolute Gasteiger partial charge is 0.331 e. The molecule has 160 valence electrons. The lowest BCUT2D eigenvalue weighted by Crippen LogP contribution is -2.36. The summed E-state index contributed by atoms with van der Waals surface area (Å²) in [5.74, 6) is -0.535. The third-order valence-corrected chi connectivity index (χ3v) is 4.91. The van der Waals surface area contributed by atoms with Crippen LogP contribution >= 0.6 is 0 Å². The first-order chi connectivity index (χ1) is 14.4. The summed E-state index contributed by atoms with van der Waals surface area (Å²) in [7, 11) is 0. The minimum absolute atomic E-state index is 0.0222. The van der Waals surface area contributed by atoms with Crippen molar-refractivity contribution in [3.05, 3.63) is 45.5 Å². The highest BCUT2D eigenvalue weighted by Gasteiger charge is 2.22. The molecule has 0 spiro atoms. The number of nitro groups is 1. The molecule has 1 aromatic carbocycles. The average molecular weight is 416 g/mol. The Morgan fingerprint density at radius 2 is 2.07 bits per heavy atom. The van der Waals surface area contributed by atoms with Crippen molar-refractivity contribution in [2.75, 3.05) is 13.3 Å². The fourth-order valence-corrected chi connectivity index (χ4v) is 3.29. The second kappa shape index (κ2) is 9.91. The van der Waals surface area contributed by atoms with Crippen LogP contribution in [0, 0.1) is 10.1 Å². The SMILES string of the molecule is C[C@@H](OC(=O)/C=C/c1cc2c(cc1[N+](=O)[O-])OCO2)C(=O)NCCC1=CCCCC1. The predicted molar refractivity (Wildman–Crippen MR) is 108 cm³/mol. The summed E-state index contributed by atoms with van der Waals surface area (Å²) in [4.78, 5) is 34.8. The number of allylic oxidation sites excluding steroid dienone is 1. The zero-order chi connectivity index (χ0) is 21.5. The monoisotopic (exact) mass is 416 g/mol. The quantitative estimate of drug-likeness (QED) is 0.227. The van der Waals surface area contributed by atoms with Gasteiger partial charge in [-0.3, -0.25) is 14.9 Å². The van der Waals surface area contributed by atoms with Crippen LogP contribution < -0.4 is 14.8 Å². The number of hydrogen-bond acceptors (Lipinski definition) is 7. The van der Waals surface area contributed by atoms with E-state index in [4.69, 9.17) is 14.2 Å². The zero-order valence-electron chi connectivity index (χ0n) is 16.7. The predicted octanol–water partition coefficient (Wildman–Crippen LogP) is 3.28. The van der Waals surface area contributed by atoms with Crippen molar-refractivity contribution >= 4 is 23.6 Å². The molecule has 1 aromatic rings. The summed E-state index contributed by atoms with van der Waals surface area (Å²) in [6.07, 6.45) is 8.88. The van der Waals surface area contributed by atoms with E-state index < -0.39 is 17.0 Å². The van der Waals surface area contributed by atoms with Crippen molar-refractivity contribution in [2.24, 2.45) is 0 Å². The second-order valence-corrected chi connectivity index (χ2v) is 7.08. The fraction of sp³-hybridized carbons (Fsp3) is 0.429. The Kier molecular flexibility index (Phi) is 7.05. The molecule has 2 aliphatic rings. The molecule has 0 fully saturated rings. The normalized spacial score (nSPS) is 16.1. The average Bonchev–Trinajstić information content (AvgIpc) is 3.19. The van der Waals surface area contributed by atoms with Crippen molar-refractivity contribution in [2.45, 2.75) is 45.1 Å². The van der Waals surface area contributed by atoms with Gasteiger partial charge in [0.25, 0.3) is 11.6 Å². The lowest BCUT2D eigenvalue weighted by molar-refractivity contribution is -0.385. The van der Waals surface area contributed by atoms with Gasteiger partial charge in [-0.15, -0.1) is 0 Å². The molecule has 0 radical (unpaired) electrons. The first kappa shape index (κ1) is 21.4. The van der Waals surface area contributed by atoms with Gasteiger partial charge in [0.2, 0.25) is 6.79 Å². The van der Waals surface area contributed by atoms with Gasteiger partial charge in [-0.1, -0.05) is 11.6 Å². The highest BCUT2D eigenvalue weighted by atomic mass is 16.7. The highest BCUT2D eigenvalue weighted by Crippen LogP contribution is 2.38. The summed E-state index contributed by atoms with van der Waals surface area (Å²) >= 11 is 0. The van der Waals surface area contributed by atoms with Gasteiger partial charge in [0.05, 0.1) is 16.6 Å². The van der Waals surface area contributed by atoms with Gasteiger partial charge in [-0.05, 0) is 51.2 Å². The van der Waals surface area contributed by atoms with Gasteiger partial charge in [0.1, 0.15) is 0 Å². The number of carbonyl (C=O) groups is 2. The molecule has 30 heavy (non-hydrogen) atoms. The van der Waals surface area contributed by atoms with Crippen molar-refractivity contribution in [1.29, 1.82) is 0 Å². The Morgan fingerprint density at radius 3 is 2.77 bits per heavy atom. The number of ether oxygens (including phenoxy) is 3. The van der Waals surface area contributed by atoms with Crippen LogP contribution in [0.3, 0.4) is 0 Å². The number of nitro benzene ring substituents is 1. The van der Waals surface area contributed by atoms with E-state index in [0.29, 0.717) is 12.3 Å². The minimum Gasteiger partial charge on any atom is -0.454 e. The molecule has 0 bridgehead atoms. The van der Waals surface area contributed by atoms with E-state index in [1.54, 1.807) is 0 Å². The van der Waals surface area contributed by atoms with E-state index in [2.05, 4.69) is 11.4 Å². The van der Waals surface area contributed by atoms with Crippen LogP contribution in [0.25, 0.3) is 6.08 Å². The lowest BCUT2D eigenvalue weighted by Gasteiger charge is -2.15. The number of nitrogens with one attached hydrogen (secondary N) is 1. The lowest BCUT2D eigenvalue weighted by atomic mass is 9.97. The van der Waals surface area contributed by atoms with Crippen LogP contribution in [0.15, 0.2) is 29.9 Å². The Morgan fingerprint density at radius 1 is 1.30 bits per heavy atom. The Bertz CT molecular complexity index is 892. The van der Waals surface area contributed by atoms with Crippen LogP contribution in [0.1, 0.15) is 44.6 Å². The molecule has 9 heteroatoms. The van der Waals surface area contributed by atoms with E-state index in [-0.39, 0.29) is 29.7 Å². The molecule has 1 atom stereocenters. The molecule has 1 N–H and O–H groups in total. The molecule has 1 aliphatic carbocycles. The van der Waals surface area contributed by atoms with E-state index in [1.807, 2.05) is 0 Å². The largest absolute Gasteiger partial charge is 0.454 e. The first-order valence-electron chi connectivity index (χ1n) is 9.86. The third kappa shape index (κ3) is 5.59. The number of carbonyl (C=O) groups excluding carboxylic acids is 2. The van der Waals surface area contributed by atoms with Crippen molar-refractivity contribution < 1.29 is 28.7 Å². The molecule has 1 amide bonds. The molecular formula is C21H24N2O7. The molecule has 1 heterocycles. The molecule has 9 nitrogen and oxygen atoms in total. The summed E-state index contributed by atoms with van der Waals surface area (Å²) in [6, 6.07) is 2.66. The van der Waals surface area contributed by atoms with E-state index in [0.717, 1.165) is 25.3 Å². The van der Waals surface area contributed by atoms with Gasteiger partial charge < -0.3 is 19.5 Å². The third-order valence-electron chi connectivity index (χ3n) is 4.91. The van der Waals surface area contributed by atoms with Crippen LogP contribution in [-0.2, 0) is 14.3 Å². The molecule has 0 saturated heterocycles. The van der Waals surface area contributed by atoms with Gasteiger partial charge in [0.15, 0.2) is 17.6 Å². The van der Waals surface area contributed by atoms with E-state index >= 15 is 0 Å². The number of rotatable bonds is 8. The topological polar surface area (TPSA) is 117 Å². The number of amides is 1. The Balaban J connectivity index is 1.52. The molecular weight excluding hydrogens is 392 g/mol. The first-order valence-corrected chi connectivity index (χ1v) is 9.86. The summed E-state index contributed by atoms with van der Waals surface area (Å²) in [6.45, 7) is 1.95. The Hall–Kier alpha value is -3.36. The van der Waals surface area contributed by atoms with E-state index in [9.17, 15) is 19.7 Å². The maximum absolute atomic E-state index is 12.1. The molecule has 0 aromatic heterocycles. The summed E-state index contributed by atoms with van der Waals surface area (Å²) in [5.41, 5.74) is 1.28. The number of hydrogen-bond donors (Lipinski definition) is 1. The second-order valence-electron chi connectivity index (χ2n) is 7.08. The van der Waals surface area contributed by atoms with Crippen molar-refractivity contribution in [1.82, 2.24) is 5.32 Å². The summed E-state index contributed by atoms with van der Waals surface area (Å²) < 4.78 is 15.4. The maximum atomic E-state index is 12.1. The Labute approximate surface area is 173 Å². The maximum Gasteiger partial charge on any atom is 0.331 e. The number of esters is 1. The van der Waals surface area contributed by atoms with Crippen LogP contribution in [0.4, 0.5) is 5.69 Å². The van der Waals surface area contributed by atoms with Crippen LogP contribution in [0.2, 0.25) is 0 Å². The number of fused-ring (bicyclic) bond motifs is 1. The zero-order valence-corrected chi connectivity index (χ0v) is 16.7. The fourth-order valence-electron chi connectivity index (χ4n) is 3.29. The highest BCUT2D eigenvalue weighted by molar-refractivity contribution is 5.91. The number of benzene rings is 1. The summed E-state index contributed by atoms with van der Waals surface area (Å²) in [5, 5.41) is 14.0. The van der Waals surface area contributed by atoms with Gasteiger partial charge >= 0.3 is 5.97 Å². The molecule has 1 aliphatic heterocycles. The van der Waals surface area contributed by atoms with Gasteiger partial charge in [0, 0.05) is 12.6 Å². The molecule has 0 saturated carbocycles. The van der Waals surface area contributed by atoms with Gasteiger partial charge in [-0.25, -0.2) is 4.79 Å². The molecule has 3 rings (SSSR count). The van der Waals surface area contributed by atoms with Crippen LogP contribution in [-0.4, -0.2) is 36.2 Å². The molecule has 0 unspecified atom stereocenters. The van der Waals surface area contributed by atoms with Gasteiger partial charge in [-0.2, -0.15) is 0 Å². The van der Waals surface area contributed by atoms with E-state index in [1.165, 1.54) is 43.5 Å². The minimum atomic E-state index is -0.978. The standard InChI is InChI=1S/C21H24N2O7/c1-14(21(25)22-10-9-15-5-3-2-4-6-15)30-20(24)8-7-16-11-18-19(29-13-28-18)12-17(16)23(26)27/h5,7-8,11-12,14H,2-4,6,9-10,13H2,1H3,(H,22,25)/b8-7+/t14-/m1/s1. The number of nitrogens with zero attached hydrogens (tertiary/aromatic N) is 1. The van der Waals surface area contributed by atoms with Crippen molar-refractivity contribution in [3.63, 3.8) is 0 Å². The van der Waals surface area contributed by atoms with Crippen molar-refractivity contribution in [3.8, 4) is 11.5 Å². The van der Waals surface area contributed by atoms with Crippen LogP contribution in [0.5, 0.6) is 11.5 Å².